The molecule has 0 spiro atoms. The highest BCUT2D eigenvalue weighted by Gasteiger charge is 2.71. The van der Waals surface area contributed by atoms with Gasteiger partial charge in [-0.1, -0.05) is 60.1 Å². The van der Waals surface area contributed by atoms with E-state index >= 15 is 0 Å². The molecule has 66 heavy (non-hydrogen) atoms. The van der Waals surface area contributed by atoms with E-state index < -0.39 is 123 Å². The van der Waals surface area contributed by atoms with Gasteiger partial charge < -0.3 is 89.7 Å². The first kappa shape index (κ1) is 51.4. The summed E-state index contributed by atoms with van der Waals surface area (Å²) in [6.07, 6.45) is -13.4. The van der Waals surface area contributed by atoms with Crippen LogP contribution in [-0.2, 0) is 28.4 Å². The summed E-state index contributed by atoms with van der Waals surface area (Å²) in [6, 6.07) is 0. The van der Waals surface area contributed by atoms with Crippen molar-refractivity contribution in [2.24, 2.45) is 56.2 Å². The molecule has 0 bridgehead atoms. The molecule has 0 radical (unpaired) electrons. The maximum absolute atomic E-state index is 11.5. The molecule has 8 rings (SSSR count). The van der Waals surface area contributed by atoms with Crippen LogP contribution in [0.2, 0.25) is 0 Å². The van der Waals surface area contributed by atoms with E-state index in [9.17, 15) is 61.3 Å². The number of ether oxygens (including phenoxy) is 6. The van der Waals surface area contributed by atoms with Crippen LogP contribution in [0.3, 0.4) is 0 Å². The molecule has 0 aromatic rings. The third-order valence-electron chi connectivity index (χ3n) is 19.7. The second kappa shape index (κ2) is 18.3. The molecule has 0 aromatic heterocycles. The average molecular weight is 945 g/mol. The highest BCUT2D eigenvalue weighted by Crippen LogP contribution is 2.76. The lowest BCUT2D eigenvalue weighted by Gasteiger charge is -2.72. The first-order valence-corrected chi connectivity index (χ1v) is 24.4. The van der Waals surface area contributed by atoms with Crippen LogP contribution in [0.15, 0.2) is 11.6 Å². The van der Waals surface area contributed by atoms with E-state index in [2.05, 4.69) is 47.6 Å². The van der Waals surface area contributed by atoms with Crippen molar-refractivity contribution in [3.8, 4) is 0 Å². The third-order valence-corrected chi connectivity index (χ3v) is 19.7. The van der Waals surface area contributed by atoms with E-state index in [0.717, 1.165) is 38.5 Å². The van der Waals surface area contributed by atoms with E-state index in [1.54, 1.807) is 0 Å². The summed E-state index contributed by atoms with van der Waals surface area (Å²) in [7, 11) is 0. The minimum absolute atomic E-state index is 0.0637. The molecule has 3 heterocycles. The van der Waals surface area contributed by atoms with Crippen molar-refractivity contribution in [1.82, 2.24) is 0 Å². The smallest absolute Gasteiger partial charge is 0.187 e. The van der Waals surface area contributed by atoms with E-state index in [-0.39, 0.29) is 57.5 Å². The Labute approximate surface area is 387 Å². The maximum Gasteiger partial charge on any atom is 0.187 e. The van der Waals surface area contributed by atoms with Gasteiger partial charge in [-0.15, -0.1) is 0 Å². The largest absolute Gasteiger partial charge is 0.396 e. The Bertz CT molecular complexity index is 1750. The molecule has 12 N–H and O–H groups in total. The van der Waals surface area contributed by atoms with E-state index in [1.807, 2.05) is 6.92 Å². The van der Waals surface area contributed by atoms with Gasteiger partial charge in [0.1, 0.15) is 54.9 Å². The van der Waals surface area contributed by atoms with Gasteiger partial charge >= 0.3 is 0 Å². The molecule has 3 aliphatic heterocycles. The van der Waals surface area contributed by atoms with Crippen molar-refractivity contribution in [3.63, 3.8) is 0 Å². The standard InChI is InChI=1S/C48H80O18/c1-43(2)14-15-44(3)24(16-43)23-8-9-28-45(4)12-11-29(63-42-38(35(57)33(55)26(20-51)62-42)65-41-37(59)34(56)32(54)25(19-50)61-41)46(5,21-52)27(45)10-13-47(28,6)48(23,7)17-30(44)64-40-22(18-49)31(53)36(58)39(60)66-40/h8,22,24-42,49-60H,9-21H2,1-7H3/t22-,24?,25-,26-,27?,28?,29+,30+,31-,32+,33-,34+,35+,36+,37-,38-,39+,40+,41+,42+,44+,45+,46+,47-,48-/m1/s1. The number of fused-ring (bicyclic) bond motifs is 7. The van der Waals surface area contributed by atoms with E-state index in [0.29, 0.717) is 19.3 Å². The van der Waals surface area contributed by atoms with Crippen LogP contribution in [-0.4, -0.2) is 186 Å². The zero-order valence-corrected chi connectivity index (χ0v) is 39.6. The summed E-state index contributed by atoms with van der Waals surface area (Å²) in [5.74, 6) is -0.746. The van der Waals surface area contributed by atoms with E-state index in [1.165, 1.54) is 5.57 Å². The van der Waals surface area contributed by atoms with Crippen LogP contribution in [0.25, 0.3) is 0 Å². The van der Waals surface area contributed by atoms with Crippen molar-refractivity contribution in [3.05, 3.63) is 11.6 Å². The summed E-state index contributed by atoms with van der Waals surface area (Å²) >= 11 is 0. The van der Waals surface area contributed by atoms with Crippen LogP contribution in [0, 0.1) is 56.2 Å². The summed E-state index contributed by atoms with van der Waals surface area (Å²) in [6.45, 7) is 13.9. The van der Waals surface area contributed by atoms with Crippen LogP contribution >= 0.6 is 0 Å². The lowest BCUT2D eigenvalue weighted by atomic mass is 9.33. The monoisotopic (exact) mass is 945 g/mol. The molecule has 18 nitrogen and oxygen atoms in total. The van der Waals surface area contributed by atoms with Crippen molar-refractivity contribution in [2.45, 2.75) is 205 Å². The topological polar surface area (TPSA) is 298 Å². The predicted molar refractivity (Wildman–Crippen MR) is 231 cm³/mol. The van der Waals surface area contributed by atoms with Crippen molar-refractivity contribution in [1.29, 1.82) is 0 Å². The van der Waals surface area contributed by atoms with Gasteiger partial charge in [0.2, 0.25) is 0 Å². The molecule has 380 valence electrons. The normalized spacial score (nSPS) is 56.0. The van der Waals surface area contributed by atoms with Gasteiger partial charge in [-0.3, -0.25) is 0 Å². The number of allylic oxidation sites excluding steroid dienone is 2. The molecule has 7 fully saturated rings. The molecule has 25 atom stereocenters. The second-order valence-electron chi connectivity index (χ2n) is 23.6. The van der Waals surface area contributed by atoms with Gasteiger partial charge in [0.25, 0.3) is 0 Å². The SMILES string of the molecule is CC1(C)CC[C@@]2(C)C(C1)C1=CCC3[C@@]4(C)CC[C@H](O[C@@H]5O[C@H](CO)[C@@H](O)[C@H](O)[C@H]5O[C@@H]5O[C@H](CO)[C@H](O)[C@H](O)[C@H]5O)[C@@](C)(CO)C4CC[C@@]3(C)[C@]1(C)C[C@@H]2O[C@H]1O[C@H](O)[C@@H](O)[C@H](O)[C@H]1CO. The molecule has 4 saturated carbocycles. The Kier molecular flexibility index (Phi) is 14.2. The first-order valence-electron chi connectivity index (χ1n) is 24.4. The lowest BCUT2D eigenvalue weighted by Crippen LogP contribution is -2.68. The second-order valence-corrected chi connectivity index (χ2v) is 23.6. The van der Waals surface area contributed by atoms with Gasteiger partial charge in [-0.2, -0.15) is 0 Å². The lowest BCUT2D eigenvalue weighted by molar-refractivity contribution is -0.379. The highest BCUT2D eigenvalue weighted by atomic mass is 16.8. The van der Waals surface area contributed by atoms with E-state index in [4.69, 9.17) is 28.4 Å². The number of rotatable bonds is 10. The minimum atomic E-state index is -1.82. The molecule has 0 aromatic carbocycles. The third kappa shape index (κ3) is 7.91. The Morgan fingerprint density at radius 2 is 1.20 bits per heavy atom. The van der Waals surface area contributed by atoms with Crippen LogP contribution < -0.4 is 0 Å². The maximum atomic E-state index is 11.5. The quantitative estimate of drug-likeness (QED) is 0.0997. The number of aliphatic hydroxyl groups is 12. The fourth-order valence-corrected chi connectivity index (χ4v) is 15.2. The predicted octanol–water partition coefficient (Wildman–Crippen LogP) is -0.210. The Hall–Kier alpha value is -0.980. The number of hydrogen-bond donors (Lipinski definition) is 12. The Morgan fingerprint density at radius 3 is 1.83 bits per heavy atom. The number of hydrogen-bond acceptors (Lipinski definition) is 18. The average Bonchev–Trinajstić information content (AvgIpc) is 3.27. The fraction of sp³-hybridized carbons (Fsp3) is 0.958. The number of aliphatic hydroxyl groups excluding tert-OH is 12. The molecular weight excluding hydrogens is 865 g/mol. The summed E-state index contributed by atoms with van der Waals surface area (Å²) in [5.41, 5.74) is -0.653. The molecule has 8 aliphatic rings. The first-order chi connectivity index (χ1) is 30.9. The molecule has 3 unspecified atom stereocenters. The van der Waals surface area contributed by atoms with Gasteiger partial charge in [-0.05, 0) is 97.2 Å². The molecular formula is C48H80O18. The summed E-state index contributed by atoms with van der Waals surface area (Å²) in [5, 5.41) is 128. The summed E-state index contributed by atoms with van der Waals surface area (Å²) < 4.78 is 37.2. The van der Waals surface area contributed by atoms with Gasteiger partial charge in [0.05, 0.1) is 50.7 Å². The fourth-order valence-electron chi connectivity index (χ4n) is 15.2. The molecule has 0 amide bonds. The van der Waals surface area contributed by atoms with Crippen LogP contribution in [0.5, 0.6) is 0 Å². The van der Waals surface area contributed by atoms with Crippen molar-refractivity contribution in [2.75, 3.05) is 26.4 Å². The van der Waals surface area contributed by atoms with Crippen molar-refractivity contribution < 1.29 is 89.7 Å². The molecule has 3 saturated heterocycles. The highest BCUT2D eigenvalue weighted by molar-refractivity contribution is 5.35. The molecule has 18 heteroatoms. The Morgan fingerprint density at radius 1 is 0.561 bits per heavy atom. The van der Waals surface area contributed by atoms with Crippen molar-refractivity contribution >= 4 is 0 Å². The van der Waals surface area contributed by atoms with Gasteiger partial charge in [0.15, 0.2) is 25.2 Å². The molecule has 5 aliphatic carbocycles. The summed E-state index contributed by atoms with van der Waals surface area (Å²) in [4.78, 5) is 0. The van der Waals surface area contributed by atoms with Crippen LogP contribution in [0.1, 0.15) is 106 Å². The zero-order valence-electron chi connectivity index (χ0n) is 39.6. The van der Waals surface area contributed by atoms with Crippen LogP contribution in [0.4, 0.5) is 0 Å². The van der Waals surface area contributed by atoms with Gasteiger partial charge in [0, 0.05) is 10.8 Å². The Balaban J connectivity index is 1.09. The minimum Gasteiger partial charge on any atom is -0.396 e. The van der Waals surface area contributed by atoms with Gasteiger partial charge in [-0.25, -0.2) is 0 Å². The zero-order chi connectivity index (χ0) is 48.3.